The Morgan fingerprint density at radius 3 is 2.52 bits per heavy atom. The number of piperidine rings is 1. The normalized spacial score (nSPS) is 26.2. The first kappa shape index (κ1) is 15.0. The predicted octanol–water partition coefficient (Wildman–Crippen LogP) is 3.34. The summed E-state index contributed by atoms with van der Waals surface area (Å²) in [4.78, 5) is 12.4. The van der Waals surface area contributed by atoms with E-state index >= 15 is 0 Å². The van der Waals surface area contributed by atoms with Crippen molar-refractivity contribution in [3.63, 3.8) is 0 Å². The second-order valence-corrected chi connectivity index (χ2v) is 7.41. The number of carbonyl (C=O) groups excluding carboxylic acids is 1. The summed E-state index contributed by atoms with van der Waals surface area (Å²) < 4.78 is 5.97. The van der Waals surface area contributed by atoms with Crippen molar-refractivity contribution in [1.82, 2.24) is 5.32 Å². The molecule has 0 radical (unpaired) electrons. The van der Waals surface area contributed by atoms with Crippen molar-refractivity contribution in [3.05, 3.63) is 24.3 Å². The van der Waals surface area contributed by atoms with Crippen molar-refractivity contribution in [1.29, 1.82) is 0 Å². The molecule has 0 bridgehead atoms. The molecule has 1 aliphatic heterocycles. The van der Waals surface area contributed by atoms with Crippen LogP contribution in [-0.4, -0.2) is 25.1 Å². The van der Waals surface area contributed by atoms with Gasteiger partial charge in [0, 0.05) is 11.6 Å². The van der Waals surface area contributed by atoms with Crippen LogP contribution in [0.3, 0.4) is 0 Å². The number of carbonyl (C=O) groups is 1. The van der Waals surface area contributed by atoms with Gasteiger partial charge in [0.05, 0.1) is 6.10 Å². The molecular weight excluding hydrogens is 288 g/mol. The summed E-state index contributed by atoms with van der Waals surface area (Å²) in [6.45, 7) is 2.11. The molecular formula is C19H26N2O2. The van der Waals surface area contributed by atoms with Gasteiger partial charge in [-0.25, -0.2) is 0 Å². The Kier molecular flexibility index (Phi) is 4.02. The third-order valence-electron chi connectivity index (χ3n) is 5.83. The van der Waals surface area contributed by atoms with E-state index in [-0.39, 0.29) is 11.8 Å². The first-order chi connectivity index (χ1) is 11.3. The van der Waals surface area contributed by atoms with Gasteiger partial charge in [0.15, 0.2) is 0 Å². The van der Waals surface area contributed by atoms with E-state index in [0.29, 0.717) is 11.5 Å². The van der Waals surface area contributed by atoms with E-state index in [4.69, 9.17) is 4.74 Å². The van der Waals surface area contributed by atoms with Gasteiger partial charge in [0.2, 0.25) is 5.91 Å². The van der Waals surface area contributed by atoms with Crippen LogP contribution in [0.25, 0.3) is 0 Å². The van der Waals surface area contributed by atoms with Gasteiger partial charge in [-0.05, 0) is 87.7 Å². The van der Waals surface area contributed by atoms with E-state index < -0.39 is 0 Å². The Bertz CT molecular complexity index is 557. The molecule has 1 atom stereocenters. The van der Waals surface area contributed by atoms with Gasteiger partial charge in [0.1, 0.15) is 5.75 Å². The Balaban J connectivity index is 1.31. The fraction of sp³-hybridized carbons (Fsp3) is 0.632. The zero-order chi connectivity index (χ0) is 15.7. The van der Waals surface area contributed by atoms with Crippen molar-refractivity contribution in [2.24, 2.45) is 11.3 Å². The molecule has 1 amide bonds. The van der Waals surface area contributed by atoms with Gasteiger partial charge in [-0.2, -0.15) is 0 Å². The second-order valence-electron chi connectivity index (χ2n) is 7.41. The van der Waals surface area contributed by atoms with Crippen molar-refractivity contribution in [2.45, 2.75) is 51.0 Å². The molecule has 2 saturated carbocycles. The van der Waals surface area contributed by atoms with Gasteiger partial charge in [-0.15, -0.1) is 0 Å². The summed E-state index contributed by atoms with van der Waals surface area (Å²) >= 11 is 0. The molecule has 3 fully saturated rings. The maximum atomic E-state index is 12.4. The second kappa shape index (κ2) is 6.16. The lowest BCUT2D eigenvalue weighted by Crippen LogP contribution is -2.31. The quantitative estimate of drug-likeness (QED) is 0.896. The number of benzene rings is 1. The molecule has 1 unspecified atom stereocenters. The largest absolute Gasteiger partial charge is 0.490 e. The molecule has 1 heterocycles. The van der Waals surface area contributed by atoms with Crippen molar-refractivity contribution < 1.29 is 9.53 Å². The summed E-state index contributed by atoms with van der Waals surface area (Å²) in [7, 11) is 0. The van der Waals surface area contributed by atoms with Gasteiger partial charge >= 0.3 is 0 Å². The Hall–Kier alpha value is -1.55. The monoisotopic (exact) mass is 314 g/mol. The van der Waals surface area contributed by atoms with Crippen molar-refractivity contribution >= 4 is 11.6 Å². The third kappa shape index (κ3) is 3.23. The van der Waals surface area contributed by atoms with Gasteiger partial charge in [0.25, 0.3) is 0 Å². The topological polar surface area (TPSA) is 50.4 Å². The molecule has 2 aliphatic carbocycles. The Morgan fingerprint density at radius 2 is 1.83 bits per heavy atom. The molecule has 4 heteroatoms. The lowest BCUT2D eigenvalue weighted by molar-refractivity contribution is -0.118. The van der Waals surface area contributed by atoms with Crippen LogP contribution < -0.4 is 15.4 Å². The first-order valence-electron chi connectivity index (χ1n) is 9.04. The Morgan fingerprint density at radius 1 is 1.13 bits per heavy atom. The standard InChI is InChI=1S/C19H26N2O2/c22-18(17-13-19(17)9-11-20-12-10-19)21-14-5-7-16(8-6-14)23-15-3-1-2-4-15/h5-8,15,17,20H,1-4,9-13H2,(H,21,22). The smallest absolute Gasteiger partial charge is 0.228 e. The van der Waals surface area contributed by atoms with Crippen LogP contribution in [-0.2, 0) is 4.79 Å². The van der Waals surface area contributed by atoms with Crippen LogP contribution in [0, 0.1) is 11.3 Å². The summed E-state index contributed by atoms with van der Waals surface area (Å²) in [5.74, 6) is 1.31. The van der Waals surface area contributed by atoms with Gasteiger partial charge in [-0.3, -0.25) is 4.79 Å². The minimum absolute atomic E-state index is 0.191. The van der Waals surface area contributed by atoms with E-state index in [9.17, 15) is 4.79 Å². The summed E-state index contributed by atoms with van der Waals surface area (Å²) in [6, 6.07) is 7.86. The molecule has 23 heavy (non-hydrogen) atoms. The zero-order valence-corrected chi connectivity index (χ0v) is 13.6. The van der Waals surface area contributed by atoms with E-state index in [1.54, 1.807) is 0 Å². The lowest BCUT2D eigenvalue weighted by Gasteiger charge is -2.23. The molecule has 1 aromatic carbocycles. The molecule has 1 saturated heterocycles. The highest BCUT2D eigenvalue weighted by Crippen LogP contribution is 2.58. The number of hydrogen-bond donors (Lipinski definition) is 2. The molecule has 2 N–H and O–H groups in total. The van der Waals surface area contributed by atoms with Crippen molar-refractivity contribution in [2.75, 3.05) is 18.4 Å². The van der Waals surface area contributed by atoms with Crippen LogP contribution in [0.2, 0.25) is 0 Å². The molecule has 4 nitrogen and oxygen atoms in total. The number of anilines is 1. The predicted molar refractivity (Wildman–Crippen MR) is 90.6 cm³/mol. The third-order valence-corrected chi connectivity index (χ3v) is 5.83. The number of rotatable bonds is 4. The van der Waals surface area contributed by atoms with E-state index in [2.05, 4.69) is 10.6 Å². The van der Waals surface area contributed by atoms with Crippen LogP contribution in [0.1, 0.15) is 44.9 Å². The lowest BCUT2D eigenvalue weighted by atomic mass is 9.92. The summed E-state index contributed by atoms with van der Waals surface area (Å²) in [5.41, 5.74) is 1.17. The maximum absolute atomic E-state index is 12.4. The van der Waals surface area contributed by atoms with E-state index in [1.807, 2.05) is 24.3 Å². The van der Waals surface area contributed by atoms with Crippen LogP contribution in [0.15, 0.2) is 24.3 Å². The van der Waals surface area contributed by atoms with Gasteiger partial charge < -0.3 is 15.4 Å². The summed E-state index contributed by atoms with van der Waals surface area (Å²) in [5, 5.41) is 6.46. The highest BCUT2D eigenvalue weighted by atomic mass is 16.5. The molecule has 0 aromatic heterocycles. The van der Waals surface area contributed by atoms with Crippen LogP contribution in [0.5, 0.6) is 5.75 Å². The SMILES string of the molecule is O=C(Nc1ccc(OC2CCCC2)cc1)C1CC12CCNCC2. The minimum Gasteiger partial charge on any atom is -0.490 e. The molecule has 1 spiro atoms. The average molecular weight is 314 g/mol. The average Bonchev–Trinajstić information content (AvgIpc) is 3.02. The number of nitrogens with one attached hydrogen (secondary N) is 2. The number of hydrogen-bond acceptors (Lipinski definition) is 3. The number of ether oxygens (including phenoxy) is 1. The molecule has 4 rings (SSSR count). The molecule has 3 aliphatic rings. The number of amides is 1. The highest BCUT2D eigenvalue weighted by molar-refractivity contribution is 5.95. The first-order valence-corrected chi connectivity index (χ1v) is 9.04. The maximum Gasteiger partial charge on any atom is 0.228 e. The fourth-order valence-electron chi connectivity index (χ4n) is 4.24. The van der Waals surface area contributed by atoms with Crippen LogP contribution in [0.4, 0.5) is 5.69 Å². The van der Waals surface area contributed by atoms with Gasteiger partial charge in [-0.1, -0.05) is 0 Å². The van der Waals surface area contributed by atoms with E-state index in [1.165, 1.54) is 12.8 Å². The van der Waals surface area contributed by atoms with Crippen LogP contribution >= 0.6 is 0 Å². The highest BCUT2D eigenvalue weighted by Gasteiger charge is 2.57. The van der Waals surface area contributed by atoms with Crippen molar-refractivity contribution in [3.8, 4) is 5.75 Å². The fourth-order valence-corrected chi connectivity index (χ4v) is 4.24. The minimum atomic E-state index is 0.191. The Labute approximate surface area is 138 Å². The summed E-state index contributed by atoms with van der Waals surface area (Å²) in [6.07, 6.45) is 8.59. The molecule has 124 valence electrons. The zero-order valence-electron chi connectivity index (χ0n) is 13.6. The van der Waals surface area contributed by atoms with E-state index in [0.717, 1.165) is 56.6 Å². The molecule has 1 aromatic rings.